The molecular formula is C35H52ClN3O10. The van der Waals surface area contributed by atoms with Crippen LogP contribution in [-0.2, 0) is 30.2 Å². The zero-order valence-electron chi connectivity index (χ0n) is 29.9. The first-order valence-corrected chi connectivity index (χ1v) is 16.7. The zero-order chi connectivity index (χ0) is 36.8. The lowest BCUT2D eigenvalue weighted by Gasteiger charge is -2.42. The zero-order valence-corrected chi connectivity index (χ0v) is 30.6. The van der Waals surface area contributed by atoms with E-state index in [-0.39, 0.29) is 30.2 Å². The number of benzene rings is 1. The van der Waals surface area contributed by atoms with Crippen molar-refractivity contribution >= 4 is 35.3 Å². The predicted molar refractivity (Wildman–Crippen MR) is 184 cm³/mol. The van der Waals surface area contributed by atoms with Crippen molar-refractivity contribution in [1.29, 1.82) is 0 Å². The summed E-state index contributed by atoms with van der Waals surface area (Å²) in [6, 6.07) is 2.64. The Bertz CT molecular complexity index is 1420. The predicted octanol–water partition coefficient (Wildman–Crippen LogP) is 3.70. The van der Waals surface area contributed by atoms with Crippen molar-refractivity contribution in [3.63, 3.8) is 0 Å². The van der Waals surface area contributed by atoms with Gasteiger partial charge in [-0.3, -0.25) is 19.8 Å². The molecule has 3 unspecified atom stereocenters. The number of hydrogen-bond donors (Lipinski definition) is 4. The molecule has 1 aromatic rings. The van der Waals surface area contributed by atoms with Gasteiger partial charge in [-0.05, 0) is 77.6 Å². The third-order valence-corrected chi connectivity index (χ3v) is 9.97. The van der Waals surface area contributed by atoms with Crippen LogP contribution in [0.25, 0.3) is 0 Å². The average Bonchev–Trinajstić information content (AvgIpc) is 3.03. The molecule has 8 atom stereocenters. The van der Waals surface area contributed by atoms with Gasteiger partial charge in [0.1, 0.15) is 41.4 Å². The minimum Gasteiger partial charge on any atom is -0.495 e. The van der Waals surface area contributed by atoms with E-state index in [1.54, 1.807) is 45.3 Å². The number of nitrogens with zero attached hydrogens (tertiary/aromatic N) is 2. The largest absolute Gasteiger partial charge is 0.495 e. The monoisotopic (exact) mass is 709 g/mol. The van der Waals surface area contributed by atoms with E-state index in [4.69, 9.17) is 30.5 Å². The molecule has 3 rings (SSSR count). The van der Waals surface area contributed by atoms with Crippen molar-refractivity contribution in [2.45, 2.75) is 109 Å². The number of fused-ring (bicyclic) bond motifs is 4. The van der Waals surface area contributed by atoms with Crippen LogP contribution in [-0.4, -0.2) is 108 Å². The summed E-state index contributed by atoms with van der Waals surface area (Å²) in [6.45, 7) is 8.26. The molecule has 274 valence electrons. The quantitative estimate of drug-likeness (QED) is 0.251. The number of methoxy groups -OCH3 is 2. The highest BCUT2D eigenvalue weighted by Crippen LogP contribution is 2.38. The summed E-state index contributed by atoms with van der Waals surface area (Å²) in [4.78, 5) is 42.6. The smallest absolute Gasteiger partial charge is 0.409 e. The van der Waals surface area contributed by atoms with Gasteiger partial charge in [0.05, 0.1) is 24.8 Å². The van der Waals surface area contributed by atoms with Crippen LogP contribution in [0.15, 0.2) is 35.9 Å². The van der Waals surface area contributed by atoms with Crippen molar-refractivity contribution in [2.24, 2.45) is 5.92 Å². The van der Waals surface area contributed by atoms with Gasteiger partial charge in [-0.1, -0.05) is 42.3 Å². The minimum absolute atomic E-state index is 0.00811. The van der Waals surface area contributed by atoms with Gasteiger partial charge in [-0.25, -0.2) is 4.79 Å². The maximum atomic E-state index is 13.9. The molecule has 0 spiro atoms. The van der Waals surface area contributed by atoms with Crippen LogP contribution in [0.5, 0.6) is 5.75 Å². The molecule has 1 aromatic carbocycles. The van der Waals surface area contributed by atoms with E-state index in [2.05, 4.69) is 5.32 Å². The van der Waals surface area contributed by atoms with Gasteiger partial charge < -0.3 is 39.2 Å². The Hall–Kier alpha value is -3.20. The van der Waals surface area contributed by atoms with E-state index in [9.17, 15) is 29.7 Å². The second-order valence-electron chi connectivity index (χ2n) is 13.5. The number of halogens is 1. The van der Waals surface area contributed by atoms with E-state index >= 15 is 0 Å². The summed E-state index contributed by atoms with van der Waals surface area (Å²) in [6.07, 6.45) is 0.811. The third-order valence-electron chi connectivity index (χ3n) is 9.59. The van der Waals surface area contributed by atoms with Crippen LogP contribution >= 0.6 is 11.6 Å². The molecule has 0 aliphatic carbocycles. The third kappa shape index (κ3) is 9.95. The fourth-order valence-electron chi connectivity index (χ4n) is 5.93. The Morgan fingerprint density at radius 2 is 1.90 bits per heavy atom. The Morgan fingerprint density at radius 1 is 1.22 bits per heavy atom. The normalized spacial score (nSPS) is 31.8. The molecule has 2 aliphatic rings. The molecule has 2 amide bonds. The molecule has 1 saturated heterocycles. The van der Waals surface area contributed by atoms with E-state index in [0.29, 0.717) is 17.9 Å². The second-order valence-corrected chi connectivity index (χ2v) is 13.9. The topological polar surface area (TPSA) is 167 Å². The number of nitrogens with one attached hydrogen (secondary N) is 1. The maximum absolute atomic E-state index is 13.9. The van der Waals surface area contributed by atoms with Gasteiger partial charge in [0, 0.05) is 20.6 Å². The van der Waals surface area contributed by atoms with Crippen LogP contribution in [0.3, 0.4) is 0 Å². The number of ether oxygens (including phenoxy) is 4. The van der Waals surface area contributed by atoms with Crippen LogP contribution in [0, 0.1) is 5.92 Å². The fourth-order valence-corrected chi connectivity index (χ4v) is 6.24. The number of likely N-dealkylation sites (N-methyl/N-ethyl adjacent to an activating group) is 1. The summed E-state index contributed by atoms with van der Waals surface area (Å²) in [5, 5.41) is 36.2. The lowest BCUT2D eigenvalue weighted by molar-refractivity contribution is -0.175. The summed E-state index contributed by atoms with van der Waals surface area (Å²) >= 11 is 6.70. The molecule has 0 aromatic heterocycles. The highest BCUT2D eigenvalue weighted by Gasteiger charge is 2.47. The molecule has 0 saturated carbocycles. The van der Waals surface area contributed by atoms with Crippen molar-refractivity contribution in [1.82, 2.24) is 10.2 Å². The van der Waals surface area contributed by atoms with Crippen molar-refractivity contribution in [2.75, 3.05) is 33.2 Å². The number of esters is 1. The van der Waals surface area contributed by atoms with Crippen LogP contribution in [0.4, 0.5) is 10.5 Å². The summed E-state index contributed by atoms with van der Waals surface area (Å²) in [5.74, 6) is -1.25. The molecule has 1 fully saturated rings. The Morgan fingerprint density at radius 3 is 2.51 bits per heavy atom. The van der Waals surface area contributed by atoms with E-state index in [0.717, 1.165) is 11.1 Å². The first-order chi connectivity index (χ1) is 22.8. The maximum Gasteiger partial charge on any atom is 0.409 e. The minimum atomic E-state index is -1.79. The second kappa shape index (κ2) is 16.7. The van der Waals surface area contributed by atoms with Crippen LogP contribution < -0.4 is 15.0 Å². The number of amides is 2. The number of hydrogen-bond acceptors (Lipinski definition) is 11. The first-order valence-electron chi connectivity index (χ1n) is 16.4. The summed E-state index contributed by atoms with van der Waals surface area (Å²) in [5.41, 5.74) is -1.46. The lowest BCUT2D eigenvalue weighted by Crippen LogP contribution is -2.63. The molecule has 14 heteroatoms. The fraction of sp³-hybridized carbons (Fsp3) is 0.629. The van der Waals surface area contributed by atoms with E-state index in [1.165, 1.54) is 37.9 Å². The highest BCUT2D eigenvalue weighted by molar-refractivity contribution is 6.35. The van der Waals surface area contributed by atoms with Crippen molar-refractivity contribution in [3.8, 4) is 5.75 Å². The van der Waals surface area contributed by atoms with Gasteiger partial charge in [0.15, 0.2) is 5.72 Å². The Kier molecular flexibility index (Phi) is 13.7. The molecule has 13 nitrogen and oxygen atoms in total. The highest BCUT2D eigenvalue weighted by atomic mass is 35.5. The van der Waals surface area contributed by atoms with Crippen LogP contribution in [0.1, 0.15) is 65.9 Å². The number of carbonyl (C=O) groups excluding carboxylic acids is 3. The van der Waals surface area contributed by atoms with Crippen molar-refractivity contribution < 1.29 is 48.7 Å². The first kappa shape index (κ1) is 40.2. The van der Waals surface area contributed by atoms with Gasteiger partial charge >= 0.3 is 12.1 Å². The number of allylic oxidation sites excluding steroid dienone is 3. The number of rotatable bonds is 6. The van der Waals surface area contributed by atoms with Crippen LogP contribution in [0.2, 0.25) is 5.02 Å². The van der Waals surface area contributed by atoms with Gasteiger partial charge in [-0.2, -0.15) is 0 Å². The Labute approximate surface area is 293 Å². The van der Waals surface area contributed by atoms with Gasteiger partial charge in [0.25, 0.3) is 0 Å². The molecule has 2 heterocycles. The summed E-state index contributed by atoms with van der Waals surface area (Å²) in [7, 11) is 6.00. The average molecular weight is 710 g/mol. The molecule has 49 heavy (non-hydrogen) atoms. The standard InChI is InChI=1S/C35H52ClN3O10/c1-20-11-10-12-28(47-9)35(45)19-27(48-33(43)37-35)21(2)13-14-34(5,44)29(49-32(42)22(3)38(6)23(4)40)18-30(41)39(7)25-16-24(15-20)17-26(46-8)31(25)36/h10-12,16-17,21-23,27-29,40,44-45H,13-15,18-19H2,1-9H3,(H,37,43)/b12-10+,20-11+/t21-,22-,23?,27?,28+,29-,34?,35-/m0/s1. The van der Waals surface area contributed by atoms with Gasteiger partial charge in [-0.15, -0.1) is 0 Å². The number of anilines is 1. The molecule has 4 N–H and O–H groups in total. The van der Waals surface area contributed by atoms with Crippen molar-refractivity contribution in [3.05, 3.63) is 46.5 Å². The Balaban J connectivity index is 2.11. The SMILES string of the molecule is COc1cc2cc(c1Cl)N(C)C(=O)C[C@H](OC(=O)[C@H](C)N(C)C(C)O)C(C)(O)CC[C@H](C)C1C[C@@](O)(NC(=O)O1)[C@H](OC)/C=C/C=C(\C)C2. The molecule has 4 bridgehead atoms. The number of aliphatic hydroxyl groups is 3. The number of aliphatic hydroxyl groups excluding tert-OH is 1. The molecular weight excluding hydrogens is 658 g/mol. The summed E-state index contributed by atoms with van der Waals surface area (Å²) < 4.78 is 22.5. The lowest BCUT2D eigenvalue weighted by atomic mass is 9.83. The number of alkyl carbamates (subject to hydrolysis) is 1. The van der Waals surface area contributed by atoms with E-state index in [1.807, 2.05) is 19.9 Å². The number of carbonyl (C=O) groups is 3. The van der Waals surface area contributed by atoms with Gasteiger partial charge in [0.2, 0.25) is 5.91 Å². The molecule has 2 aliphatic heterocycles. The molecule has 0 radical (unpaired) electrons. The van der Waals surface area contributed by atoms with E-state index < -0.39 is 66.3 Å².